The van der Waals surface area contributed by atoms with Gasteiger partial charge in [-0.25, -0.2) is 9.59 Å². The first kappa shape index (κ1) is 39.5. The van der Waals surface area contributed by atoms with Gasteiger partial charge < -0.3 is 61.9 Å². The number of benzene rings is 4. The Morgan fingerprint density at radius 3 is 2.22 bits per heavy atom. The smallest absolute Gasteiger partial charge is 0.493 e. The zero-order valence-electron chi connectivity index (χ0n) is 32.8. The van der Waals surface area contributed by atoms with Crippen molar-refractivity contribution < 1.29 is 76.3 Å². The van der Waals surface area contributed by atoms with Crippen molar-refractivity contribution in [2.45, 2.75) is 62.5 Å². The molecule has 0 bridgehead atoms. The highest BCUT2D eigenvalue weighted by Gasteiger charge is 2.57. The summed E-state index contributed by atoms with van der Waals surface area (Å²) in [6.45, 7) is 1.69. The van der Waals surface area contributed by atoms with Crippen LogP contribution in [0.2, 0.25) is 0 Å². The second-order valence-electron chi connectivity index (χ2n) is 14.8. The first-order valence-corrected chi connectivity index (χ1v) is 19.5. The second-order valence-corrected chi connectivity index (χ2v) is 14.8. The lowest BCUT2D eigenvalue weighted by Gasteiger charge is -2.48. The third-order valence-electron chi connectivity index (χ3n) is 11.3. The predicted octanol–water partition coefficient (Wildman–Crippen LogP) is 5.21. The molecule has 16 nitrogen and oxygen atoms in total. The van der Waals surface area contributed by atoms with Gasteiger partial charge in [-0.05, 0) is 65.6 Å². The normalized spacial score (nSPS) is 28.6. The minimum atomic E-state index is -1.53. The molecular formula is C44H42O16. The zero-order chi connectivity index (χ0) is 41.5. The molecule has 4 aromatic rings. The van der Waals surface area contributed by atoms with Crippen molar-refractivity contribution in [3.63, 3.8) is 0 Å². The lowest BCUT2D eigenvalue weighted by molar-refractivity contribution is -0.363. The molecule has 3 saturated heterocycles. The summed E-state index contributed by atoms with van der Waals surface area (Å²) in [5, 5.41) is 11.9. The molecule has 5 aliphatic rings. The van der Waals surface area contributed by atoms with Crippen LogP contribution in [0, 0.1) is 11.8 Å². The highest BCUT2D eigenvalue weighted by Crippen LogP contribution is 2.57. The van der Waals surface area contributed by atoms with E-state index in [1.54, 1.807) is 61.5 Å². The van der Waals surface area contributed by atoms with Gasteiger partial charge in [-0.1, -0.05) is 48.5 Å². The number of hydrogen-bond acceptors (Lipinski definition) is 16. The van der Waals surface area contributed by atoms with Crippen molar-refractivity contribution in [1.82, 2.24) is 0 Å². The highest BCUT2D eigenvalue weighted by molar-refractivity contribution is 5.89. The third kappa shape index (κ3) is 7.45. The number of aliphatic hydroxyl groups excluding tert-OH is 1. The predicted molar refractivity (Wildman–Crippen MR) is 204 cm³/mol. The topological polar surface area (TPSA) is 182 Å². The Hall–Kier alpha value is -5.91. The highest BCUT2D eigenvalue weighted by atomic mass is 16.8. The first-order chi connectivity index (χ1) is 29.2. The molecule has 10 atom stereocenters. The summed E-state index contributed by atoms with van der Waals surface area (Å²) in [5.74, 6) is -2.19. The van der Waals surface area contributed by atoms with Crippen LogP contribution in [0.25, 0.3) is 0 Å². The van der Waals surface area contributed by atoms with E-state index in [0.29, 0.717) is 28.2 Å². The minimum Gasteiger partial charge on any atom is -0.493 e. The lowest BCUT2D eigenvalue weighted by Crippen LogP contribution is -2.64. The number of aliphatic hydroxyl groups is 1. The van der Waals surface area contributed by atoms with E-state index < -0.39 is 78.9 Å². The molecule has 0 unspecified atom stereocenters. The molecule has 4 aliphatic heterocycles. The lowest BCUT2D eigenvalue weighted by atomic mass is 9.66. The Balaban J connectivity index is 1.06. The first-order valence-electron chi connectivity index (χ1n) is 19.5. The summed E-state index contributed by atoms with van der Waals surface area (Å²) in [6.07, 6.45) is -8.34. The van der Waals surface area contributed by atoms with E-state index in [9.17, 15) is 19.5 Å². The largest absolute Gasteiger partial charge is 0.514 e. The van der Waals surface area contributed by atoms with Crippen LogP contribution in [0.5, 0.6) is 28.7 Å². The molecule has 4 heterocycles. The molecule has 0 amide bonds. The number of methoxy groups -OCH3 is 2. The van der Waals surface area contributed by atoms with Gasteiger partial charge in [-0.2, -0.15) is 0 Å². The number of ether oxygens (including phenoxy) is 12. The maximum atomic E-state index is 13.9. The Morgan fingerprint density at radius 2 is 1.52 bits per heavy atom. The van der Waals surface area contributed by atoms with Crippen LogP contribution >= 0.6 is 0 Å². The molecule has 0 aromatic heterocycles. The van der Waals surface area contributed by atoms with Gasteiger partial charge >= 0.3 is 18.1 Å². The van der Waals surface area contributed by atoms with Crippen molar-refractivity contribution in [2.75, 3.05) is 34.2 Å². The zero-order valence-corrected chi connectivity index (χ0v) is 32.8. The maximum Gasteiger partial charge on any atom is 0.514 e. The number of rotatable bonds is 10. The third-order valence-corrected chi connectivity index (χ3v) is 11.3. The van der Waals surface area contributed by atoms with E-state index >= 15 is 0 Å². The average molecular weight is 827 g/mol. The van der Waals surface area contributed by atoms with E-state index in [4.69, 9.17) is 56.8 Å². The van der Waals surface area contributed by atoms with Gasteiger partial charge in [0.2, 0.25) is 12.5 Å². The standard InChI is InChI=1S/C44H42O16/c1-22-51-20-33-39(56-22)40(58-41(46)24-12-8-5-9-13-24)36(45)43(57-33)59-37-27-17-30-29(54-21-55-30)16-26(27)34(35-28(37)19-52-42(35)47)25-14-31(49-2)38(32(15-25)50-3)60-44(48)53-18-23-10-6-4-7-11-23/h4-17,22,28,33-37,39-40,43,45H,18-21H2,1-3H3/t22-,28+,33-,34-,35+,36-,37-,39-,40-,43+/m1/s1. The molecule has 16 heteroatoms. The number of cyclic esters (lactones) is 1. The fraction of sp³-hybridized carbons (Fsp3) is 0.386. The second kappa shape index (κ2) is 16.6. The van der Waals surface area contributed by atoms with Crippen molar-refractivity contribution in [3.8, 4) is 28.7 Å². The van der Waals surface area contributed by atoms with E-state index in [1.165, 1.54) is 14.2 Å². The summed E-state index contributed by atoms with van der Waals surface area (Å²) in [5.41, 5.74) is 2.85. The molecule has 0 spiro atoms. The molecule has 3 fully saturated rings. The summed E-state index contributed by atoms with van der Waals surface area (Å²) >= 11 is 0. The molecule has 0 radical (unpaired) electrons. The van der Waals surface area contributed by atoms with Crippen molar-refractivity contribution >= 4 is 18.1 Å². The SMILES string of the molecule is COc1cc([C@@H]2c3cc4c(cc3[C@@H](O[C@@H]3O[C@@H]5CO[C@@H](C)O[C@H]5[C@H](OC(=O)c5ccccc5)[C@H]3O)[C@H]3COC(=O)[C@H]23)OCO4)cc(OC)c1OC(=O)OCc1ccccc1. The van der Waals surface area contributed by atoms with Crippen molar-refractivity contribution in [3.05, 3.63) is 113 Å². The Kier molecular flexibility index (Phi) is 11.0. The van der Waals surface area contributed by atoms with E-state index in [1.807, 2.05) is 30.3 Å². The van der Waals surface area contributed by atoms with E-state index in [0.717, 1.165) is 5.56 Å². The monoisotopic (exact) mass is 826 g/mol. The van der Waals surface area contributed by atoms with Gasteiger partial charge in [0.1, 0.15) is 24.9 Å². The number of carbonyl (C=O) groups is 3. The number of fused-ring (bicyclic) bond motifs is 4. The van der Waals surface area contributed by atoms with Gasteiger partial charge in [0.05, 0.1) is 45.0 Å². The number of hydrogen-bond donors (Lipinski definition) is 1. The average Bonchev–Trinajstić information content (AvgIpc) is 3.90. The number of carbonyl (C=O) groups excluding carboxylic acids is 3. The molecule has 9 rings (SSSR count). The van der Waals surface area contributed by atoms with Crippen LogP contribution in [0.4, 0.5) is 4.79 Å². The van der Waals surface area contributed by atoms with E-state index in [2.05, 4.69) is 0 Å². The summed E-state index contributed by atoms with van der Waals surface area (Å²) in [6, 6.07) is 24.4. The van der Waals surface area contributed by atoms with Gasteiger partial charge in [0.15, 0.2) is 41.7 Å². The molecule has 4 aromatic carbocycles. The Morgan fingerprint density at radius 1 is 0.833 bits per heavy atom. The van der Waals surface area contributed by atoms with Crippen LogP contribution in [-0.4, -0.2) is 94.4 Å². The van der Waals surface area contributed by atoms with Crippen molar-refractivity contribution in [1.29, 1.82) is 0 Å². The molecule has 60 heavy (non-hydrogen) atoms. The summed E-state index contributed by atoms with van der Waals surface area (Å²) < 4.78 is 70.6. The molecule has 314 valence electrons. The number of esters is 2. The molecule has 1 N–H and O–H groups in total. The summed E-state index contributed by atoms with van der Waals surface area (Å²) in [4.78, 5) is 40.2. The van der Waals surface area contributed by atoms with Gasteiger partial charge in [0, 0.05) is 11.8 Å². The van der Waals surface area contributed by atoms with Gasteiger partial charge in [-0.3, -0.25) is 4.79 Å². The minimum absolute atomic E-state index is 0.0177. The van der Waals surface area contributed by atoms with Gasteiger partial charge in [0.25, 0.3) is 0 Å². The van der Waals surface area contributed by atoms with Crippen molar-refractivity contribution in [2.24, 2.45) is 11.8 Å². The molecular weight excluding hydrogens is 784 g/mol. The fourth-order valence-corrected chi connectivity index (χ4v) is 8.54. The molecule has 0 saturated carbocycles. The van der Waals surface area contributed by atoms with Crippen LogP contribution in [0.3, 0.4) is 0 Å². The van der Waals surface area contributed by atoms with E-state index in [-0.39, 0.29) is 49.4 Å². The van der Waals surface area contributed by atoms with Crippen LogP contribution < -0.4 is 23.7 Å². The van der Waals surface area contributed by atoms with Gasteiger partial charge in [-0.15, -0.1) is 0 Å². The van der Waals surface area contributed by atoms with Crippen LogP contribution in [0.15, 0.2) is 84.9 Å². The quantitative estimate of drug-likeness (QED) is 0.125. The molecule has 1 aliphatic carbocycles. The Labute approximate surface area is 344 Å². The Bertz CT molecular complexity index is 2210. The summed E-state index contributed by atoms with van der Waals surface area (Å²) in [7, 11) is 2.83. The van der Waals surface area contributed by atoms with Crippen LogP contribution in [-0.2, 0) is 44.6 Å². The fourth-order valence-electron chi connectivity index (χ4n) is 8.54. The van der Waals surface area contributed by atoms with Crippen LogP contribution in [0.1, 0.15) is 51.6 Å². The maximum absolute atomic E-state index is 13.9.